The molecular formula is C18H22N6O12P2. The highest BCUT2D eigenvalue weighted by atomic mass is 31.3. The van der Waals surface area contributed by atoms with E-state index in [0.717, 1.165) is 12.5 Å². The van der Waals surface area contributed by atoms with Crippen LogP contribution in [0, 0.1) is 6.92 Å². The van der Waals surface area contributed by atoms with Crippen molar-refractivity contribution in [2.75, 3.05) is 12.3 Å². The molecule has 3 aromatic heterocycles. The number of aliphatic hydroxyl groups excluding tert-OH is 2. The molecule has 1 aliphatic heterocycles. The summed E-state index contributed by atoms with van der Waals surface area (Å²) in [5.41, 5.74) is 5.88. The number of aromatic hydroxyl groups is 1. The van der Waals surface area contributed by atoms with Crippen LogP contribution in [0.15, 0.2) is 18.9 Å². The van der Waals surface area contributed by atoms with Crippen LogP contribution < -0.4 is 5.73 Å². The maximum absolute atomic E-state index is 13.0. The van der Waals surface area contributed by atoms with Crippen LogP contribution in [-0.2, 0) is 33.8 Å². The van der Waals surface area contributed by atoms with Gasteiger partial charge in [0.1, 0.15) is 35.9 Å². The third-order valence-electron chi connectivity index (χ3n) is 5.46. The Morgan fingerprint density at radius 2 is 1.89 bits per heavy atom. The van der Waals surface area contributed by atoms with E-state index in [1.54, 1.807) is 0 Å². The van der Waals surface area contributed by atoms with E-state index >= 15 is 0 Å². The van der Waals surface area contributed by atoms with Gasteiger partial charge in [-0.3, -0.25) is 23.4 Å². The summed E-state index contributed by atoms with van der Waals surface area (Å²) in [6, 6.07) is 0. The van der Waals surface area contributed by atoms with E-state index in [1.807, 2.05) is 0 Å². The van der Waals surface area contributed by atoms with Gasteiger partial charge in [-0.2, -0.15) is 4.31 Å². The van der Waals surface area contributed by atoms with E-state index < -0.39 is 59.1 Å². The largest absolute Gasteiger partial charge is 0.505 e. The van der Waals surface area contributed by atoms with Gasteiger partial charge in [0.15, 0.2) is 24.0 Å². The molecule has 4 rings (SSSR count). The Bertz CT molecular complexity index is 1450. The zero-order chi connectivity index (χ0) is 27.8. The lowest BCUT2D eigenvalue weighted by Crippen LogP contribution is -2.33. The molecule has 3 aromatic rings. The summed E-state index contributed by atoms with van der Waals surface area (Å²) in [6.07, 6.45) is -2.10. The summed E-state index contributed by atoms with van der Waals surface area (Å²) in [7, 11) is -10.6. The van der Waals surface area contributed by atoms with E-state index in [2.05, 4.69) is 24.2 Å². The molecule has 18 nitrogen and oxygen atoms in total. The minimum absolute atomic E-state index is 0.0594. The number of imidazole rings is 1. The highest BCUT2D eigenvalue weighted by Gasteiger charge is 2.46. The number of nitrogens with two attached hydrogens (primary N) is 1. The van der Waals surface area contributed by atoms with Crippen molar-refractivity contribution in [3.8, 4) is 5.75 Å². The fraction of sp³-hybridized carbons (Fsp3) is 0.389. The number of carbonyl (C=O) groups is 1. The topological polar surface area (TPSA) is 272 Å². The molecule has 0 aromatic carbocycles. The van der Waals surface area contributed by atoms with Crippen molar-refractivity contribution in [3.05, 3.63) is 35.7 Å². The lowest BCUT2D eigenvalue weighted by atomic mass is 10.1. The monoisotopic (exact) mass is 576 g/mol. The van der Waals surface area contributed by atoms with E-state index in [9.17, 15) is 39.0 Å². The number of phosphoric acid groups is 2. The molecule has 0 spiro atoms. The van der Waals surface area contributed by atoms with Gasteiger partial charge in [0.2, 0.25) is 0 Å². The fourth-order valence-corrected chi connectivity index (χ4v) is 5.70. The van der Waals surface area contributed by atoms with Crippen molar-refractivity contribution in [1.82, 2.24) is 24.5 Å². The zero-order valence-electron chi connectivity index (χ0n) is 19.3. The standard InChI is InChI=1S/C18H22N6O12P2/c1-8-13(26)10(3-25)9(2-20-8)4-33-38(32,36-37(29,30)31)34-5-11-14(27)15(28)18(35-11)24-7-23-12-16(19)21-6-22-17(12)24/h2-3,6-7,11,14-15,18,26-28H,4-5H2,1H3,(H2,19,21,22)(H2,29,30,31)/t11-,14-,15-,18-,38?/m1/s1. The summed E-state index contributed by atoms with van der Waals surface area (Å²) in [6.45, 7) is -0.206. The normalized spacial score (nSPS) is 23.5. The molecule has 0 saturated carbocycles. The number of nitrogen functional groups attached to an aromatic ring is 1. The number of pyridine rings is 1. The van der Waals surface area contributed by atoms with Crippen molar-refractivity contribution < 1.29 is 57.1 Å². The first-order valence-corrected chi connectivity index (χ1v) is 13.6. The van der Waals surface area contributed by atoms with Gasteiger partial charge in [0.25, 0.3) is 0 Å². The zero-order valence-corrected chi connectivity index (χ0v) is 21.1. The lowest BCUT2D eigenvalue weighted by molar-refractivity contribution is -0.0515. The van der Waals surface area contributed by atoms with Gasteiger partial charge in [0.05, 0.1) is 30.8 Å². The Hall–Kier alpha value is -2.89. The van der Waals surface area contributed by atoms with Crippen LogP contribution in [0.1, 0.15) is 27.8 Å². The van der Waals surface area contributed by atoms with Gasteiger partial charge in [-0.25, -0.2) is 24.1 Å². The highest BCUT2D eigenvalue weighted by Crippen LogP contribution is 2.61. The molecule has 1 unspecified atom stereocenters. The molecule has 0 bridgehead atoms. The van der Waals surface area contributed by atoms with Crippen LogP contribution in [0.5, 0.6) is 5.75 Å². The molecule has 7 N–H and O–H groups in total. The Balaban J connectivity index is 1.51. The van der Waals surface area contributed by atoms with Crippen molar-refractivity contribution in [3.63, 3.8) is 0 Å². The first kappa shape index (κ1) is 28.1. The van der Waals surface area contributed by atoms with Crippen molar-refractivity contribution in [2.24, 2.45) is 0 Å². The maximum Gasteiger partial charge on any atom is 0.484 e. The molecule has 38 heavy (non-hydrogen) atoms. The van der Waals surface area contributed by atoms with Gasteiger partial charge < -0.3 is 35.6 Å². The maximum atomic E-state index is 13.0. The molecular weight excluding hydrogens is 554 g/mol. The first-order chi connectivity index (χ1) is 17.8. The molecule has 20 heteroatoms. The number of phosphoric ester groups is 1. The van der Waals surface area contributed by atoms with Crippen molar-refractivity contribution >= 4 is 38.9 Å². The number of fused-ring (bicyclic) bond motifs is 1. The van der Waals surface area contributed by atoms with Gasteiger partial charge in [-0.1, -0.05) is 0 Å². The molecule has 0 amide bonds. The smallest absolute Gasteiger partial charge is 0.484 e. The molecule has 5 atom stereocenters. The van der Waals surface area contributed by atoms with Crippen molar-refractivity contribution in [2.45, 2.75) is 38.1 Å². The SMILES string of the molecule is Cc1ncc(COP(=O)(OC[C@H]2O[C@@H](n3cnc4c(N)ncnc43)[C@H](O)[C@@H]2O)OP(=O)(O)O)c(C=O)c1O. The first-order valence-electron chi connectivity index (χ1n) is 10.6. The van der Waals surface area contributed by atoms with Crippen LogP contribution in [-0.4, -0.2) is 80.8 Å². The van der Waals surface area contributed by atoms with E-state index in [4.69, 9.17) is 19.5 Å². The number of ether oxygens (including phenoxy) is 1. The highest BCUT2D eigenvalue weighted by molar-refractivity contribution is 7.61. The molecule has 0 aliphatic carbocycles. The number of aryl methyl sites for hydroxylation is 1. The number of nitrogens with zero attached hydrogens (tertiary/aromatic N) is 5. The Labute approximate surface area is 212 Å². The van der Waals surface area contributed by atoms with Gasteiger partial charge in [-0.15, -0.1) is 0 Å². The number of aldehydes is 1. The second kappa shape index (κ2) is 10.7. The van der Waals surface area contributed by atoms with Crippen LogP contribution >= 0.6 is 15.6 Å². The number of carbonyl (C=O) groups excluding carboxylic acids is 1. The summed E-state index contributed by atoms with van der Waals surface area (Å²) in [4.78, 5) is 45.5. The van der Waals surface area contributed by atoms with Crippen molar-refractivity contribution in [1.29, 1.82) is 0 Å². The number of hydrogen-bond donors (Lipinski definition) is 6. The summed E-state index contributed by atoms with van der Waals surface area (Å²) < 4.78 is 45.6. The Morgan fingerprint density at radius 3 is 2.58 bits per heavy atom. The quantitative estimate of drug-likeness (QED) is 0.133. The Kier molecular flexibility index (Phi) is 7.92. The van der Waals surface area contributed by atoms with Crippen LogP contribution in [0.4, 0.5) is 5.82 Å². The van der Waals surface area contributed by atoms with Gasteiger partial charge in [-0.05, 0) is 6.92 Å². The average Bonchev–Trinajstić information content (AvgIpc) is 3.39. The number of anilines is 1. The average molecular weight is 576 g/mol. The third kappa shape index (κ3) is 5.74. The number of aromatic nitrogens is 5. The van der Waals surface area contributed by atoms with Crippen LogP contribution in [0.2, 0.25) is 0 Å². The van der Waals surface area contributed by atoms with E-state index in [1.165, 1.54) is 17.8 Å². The fourth-order valence-electron chi connectivity index (χ4n) is 3.58. The summed E-state index contributed by atoms with van der Waals surface area (Å²) >= 11 is 0. The summed E-state index contributed by atoms with van der Waals surface area (Å²) in [5.74, 6) is -0.418. The molecule has 1 saturated heterocycles. The molecule has 4 heterocycles. The second-order valence-electron chi connectivity index (χ2n) is 7.97. The number of rotatable bonds is 10. The summed E-state index contributed by atoms with van der Waals surface area (Å²) in [5, 5.41) is 31.0. The van der Waals surface area contributed by atoms with Gasteiger partial charge >= 0.3 is 15.6 Å². The van der Waals surface area contributed by atoms with E-state index in [-0.39, 0.29) is 40.1 Å². The molecule has 1 fully saturated rings. The third-order valence-corrected chi connectivity index (χ3v) is 8.02. The minimum Gasteiger partial charge on any atom is -0.505 e. The lowest BCUT2D eigenvalue weighted by Gasteiger charge is -2.21. The van der Waals surface area contributed by atoms with Crippen LogP contribution in [0.3, 0.4) is 0 Å². The second-order valence-corrected chi connectivity index (χ2v) is 11.0. The van der Waals surface area contributed by atoms with E-state index in [0.29, 0.717) is 0 Å². The predicted octanol–water partition coefficient (Wildman–Crippen LogP) is -0.300. The predicted molar refractivity (Wildman–Crippen MR) is 123 cm³/mol. The molecule has 1 aliphatic rings. The molecule has 206 valence electrons. The van der Waals surface area contributed by atoms with Crippen LogP contribution in [0.25, 0.3) is 11.2 Å². The number of aliphatic hydroxyl groups is 2. The molecule has 0 radical (unpaired) electrons. The minimum atomic E-state index is -5.46. The van der Waals surface area contributed by atoms with Gasteiger partial charge in [0, 0.05) is 11.8 Å². The number of hydrogen-bond acceptors (Lipinski definition) is 15. The Morgan fingerprint density at radius 1 is 1.16 bits per heavy atom.